The van der Waals surface area contributed by atoms with Crippen LogP contribution in [0.5, 0.6) is 12.0 Å². The van der Waals surface area contributed by atoms with E-state index < -0.39 is 104 Å². The van der Waals surface area contributed by atoms with Crippen molar-refractivity contribution in [2.75, 3.05) is 13.2 Å². The molecule has 2 atom stereocenters. The van der Waals surface area contributed by atoms with Crippen molar-refractivity contribution in [2.24, 2.45) is 0 Å². The van der Waals surface area contributed by atoms with Gasteiger partial charge in [-0.3, -0.25) is 14.8 Å². The van der Waals surface area contributed by atoms with Crippen LogP contribution in [-0.2, 0) is 20.7 Å². The highest BCUT2D eigenvalue weighted by Gasteiger charge is 2.44. The van der Waals surface area contributed by atoms with E-state index in [1.807, 2.05) is 0 Å². The quantitative estimate of drug-likeness (QED) is 0.0421. The first-order valence-electron chi connectivity index (χ1n) is 36.9. The second-order valence-corrected chi connectivity index (χ2v) is 30.2. The Bertz CT molecular complexity index is 6480. The summed E-state index contributed by atoms with van der Waals surface area (Å²) in [6.45, 7) is 24.5. The van der Waals surface area contributed by atoms with Gasteiger partial charge in [0, 0.05) is 58.6 Å². The zero-order valence-electron chi connectivity index (χ0n) is 66.9. The summed E-state index contributed by atoms with van der Waals surface area (Å²) in [5, 5.41) is 36.7. The second-order valence-electron chi connectivity index (χ2n) is 29.3. The molecule has 0 aliphatic heterocycles. The first-order chi connectivity index (χ1) is 57.1. The van der Waals surface area contributed by atoms with E-state index in [1.54, 1.807) is 121 Å². The average molecular weight is 1740 g/mol. The number of fused-ring (bicyclic) bond motifs is 3. The Labute approximate surface area is 691 Å². The third kappa shape index (κ3) is 18.0. The number of imidazole rings is 3. The van der Waals surface area contributed by atoms with Gasteiger partial charge < -0.3 is 52.7 Å². The van der Waals surface area contributed by atoms with Crippen LogP contribution in [0.4, 0.5) is 49.1 Å². The van der Waals surface area contributed by atoms with Gasteiger partial charge in [-0.05, 0) is 239 Å². The molecular formula is C86H76BrF9N12O13. The van der Waals surface area contributed by atoms with E-state index in [9.17, 15) is 60.1 Å². The molecule has 0 aliphatic rings. The summed E-state index contributed by atoms with van der Waals surface area (Å²) in [6, 6.07) is 25.1. The highest BCUT2D eigenvalue weighted by Crippen LogP contribution is 2.47. The topological polar surface area (TPSA) is 330 Å². The molecule has 25 nitrogen and oxygen atoms in total. The Morgan fingerprint density at radius 3 is 1.26 bits per heavy atom. The van der Waals surface area contributed by atoms with Gasteiger partial charge in [-0.15, -0.1) is 0 Å². The predicted octanol–water partition coefficient (Wildman–Crippen LogP) is 19.0. The average Bonchev–Trinajstić information content (AvgIpc) is 1.37. The number of nitrogens with zero attached hydrogens (tertiary/aromatic N) is 10. The molecule has 35 heteroatoms. The van der Waals surface area contributed by atoms with E-state index in [0.29, 0.717) is 90.9 Å². The Morgan fingerprint density at radius 1 is 0.471 bits per heavy atom. The number of hydrogen-bond donors (Lipinski definition) is 4. The number of carbonyl (C=O) groups excluding carboxylic acids is 3. The lowest BCUT2D eigenvalue weighted by Gasteiger charge is -2.30. The number of nitrogens with one attached hydrogen (secondary N) is 2. The Hall–Kier alpha value is -13.4. The van der Waals surface area contributed by atoms with Crippen LogP contribution in [-0.4, -0.2) is 112 Å². The lowest BCUT2D eigenvalue weighted by molar-refractivity contribution is 0.0515. The van der Waals surface area contributed by atoms with Gasteiger partial charge in [-0.1, -0.05) is 15.5 Å². The number of carbonyl (C=O) groups is 3. The molecule has 0 spiro atoms. The molecule has 628 valence electrons. The van der Waals surface area contributed by atoms with Gasteiger partial charge in [-0.2, -0.15) is 19.1 Å². The van der Waals surface area contributed by atoms with Crippen LogP contribution < -0.4 is 15.2 Å². The number of rotatable bonds is 15. The molecule has 15 aromatic rings. The van der Waals surface area contributed by atoms with Crippen molar-refractivity contribution >= 4 is 67.0 Å². The van der Waals surface area contributed by atoms with Crippen molar-refractivity contribution in [2.45, 2.75) is 119 Å². The highest BCUT2D eigenvalue weighted by atomic mass is 79.9. The summed E-state index contributed by atoms with van der Waals surface area (Å²) in [7, 11) is 0. The molecule has 0 saturated carbocycles. The molecule has 15 rings (SSSR count). The van der Waals surface area contributed by atoms with Gasteiger partial charge in [0.05, 0.1) is 97.9 Å². The minimum absolute atomic E-state index is 0. The van der Waals surface area contributed by atoms with E-state index in [2.05, 4.69) is 66.3 Å². The van der Waals surface area contributed by atoms with Gasteiger partial charge in [-0.25, -0.2) is 58.9 Å². The number of hydrogen-bond acceptors (Lipinski definition) is 21. The summed E-state index contributed by atoms with van der Waals surface area (Å²) in [4.78, 5) is 78.7. The largest absolute Gasteiger partial charge is 0.465 e. The Kier molecular flexibility index (Phi) is 24.8. The van der Waals surface area contributed by atoms with Crippen molar-refractivity contribution in [3.05, 3.63) is 293 Å². The van der Waals surface area contributed by atoms with Gasteiger partial charge >= 0.3 is 29.9 Å². The van der Waals surface area contributed by atoms with E-state index in [1.165, 1.54) is 47.0 Å². The van der Waals surface area contributed by atoms with Gasteiger partial charge in [0.15, 0.2) is 11.2 Å². The molecule has 6 aromatic carbocycles. The molecule has 0 bridgehead atoms. The third-order valence-corrected chi connectivity index (χ3v) is 19.1. The normalized spacial score (nSPS) is 12.5. The number of aromatic nitrogens is 12. The van der Waals surface area contributed by atoms with Crippen LogP contribution in [0.2, 0.25) is 0 Å². The van der Waals surface area contributed by atoms with E-state index >= 15 is 8.78 Å². The number of aliphatic hydroxyl groups is 2. The number of H-pyrrole nitrogens is 2. The number of halogens is 10. The van der Waals surface area contributed by atoms with Crippen molar-refractivity contribution < 1.29 is 98.1 Å². The lowest BCUT2D eigenvalue weighted by Crippen LogP contribution is -2.32. The van der Waals surface area contributed by atoms with Crippen LogP contribution in [0.15, 0.2) is 169 Å². The van der Waals surface area contributed by atoms with Gasteiger partial charge in [0.25, 0.3) is 0 Å². The molecule has 0 aliphatic carbocycles. The van der Waals surface area contributed by atoms with E-state index in [0.717, 1.165) is 71.7 Å². The zero-order chi connectivity index (χ0) is 87.8. The van der Waals surface area contributed by atoms with Gasteiger partial charge in [0.1, 0.15) is 92.0 Å². The lowest BCUT2D eigenvalue weighted by atomic mass is 9.80. The molecular weight excluding hydrogens is 1660 g/mol. The maximum absolute atomic E-state index is 15.6. The number of ether oxygens (including phenoxy) is 4. The number of aryl methyl sites for hydroxylation is 6. The molecule has 0 saturated heterocycles. The smallest absolute Gasteiger partial charge is 0.423 e. The minimum atomic E-state index is -2.48. The molecule has 121 heavy (non-hydrogen) atoms. The first kappa shape index (κ1) is 86.9. The maximum atomic E-state index is 15.6. The maximum Gasteiger partial charge on any atom is 0.423 e. The molecule has 0 fully saturated rings. The number of benzene rings is 6. The fourth-order valence-corrected chi connectivity index (χ4v) is 13.7. The molecule has 2 unspecified atom stereocenters. The van der Waals surface area contributed by atoms with Crippen LogP contribution in [0, 0.1) is 93.9 Å². The summed E-state index contributed by atoms with van der Waals surface area (Å²) in [6.07, 6.45) is 1.17. The van der Waals surface area contributed by atoms with Crippen molar-refractivity contribution in [3.8, 4) is 45.4 Å². The number of pyridine rings is 3. The van der Waals surface area contributed by atoms with Crippen molar-refractivity contribution in [1.29, 1.82) is 0 Å². The van der Waals surface area contributed by atoms with Crippen LogP contribution in [0.1, 0.15) is 141 Å². The van der Waals surface area contributed by atoms with Crippen molar-refractivity contribution in [3.63, 3.8) is 0 Å². The highest BCUT2D eigenvalue weighted by molar-refractivity contribution is 9.10. The van der Waals surface area contributed by atoms with E-state index in [4.69, 9.17) is 32.5 Å². The van der Waals surface area contributed by atoms with Crippen LogP contribution in [0.25, 0.3) is 66.5 Å². The molecule has 4 N–H and O–H groups in total. The summed E-state index contributed by atoms with van der Waals surface area (Å²) < 4.78 is 165. The van der Waals surface area contributed by atoms with Gasteiger partial charge in [0.2, 0.25) is 5.78 Å². The number of aromatic amines is 2. The summed E-state index contributed by atoms with van der Waals surface area (Å²) in [5.74, 6) is -6.00. The molecule has 0 amide bonds. The van der Waals surface area contributed by atoms with Crippen LogP contribution in [0.3, 0.4) is 0 Å². The fourth-order valence-electron chi connectivity index (χ4n) is 13.4. The zero-order valence-corrected chi connectivity index (χ0v) is 68.5. The molecule has 9 aromatic heterocycles. The molecule has 9 heterocycles. The first-order valence-corrected chi connectivity index (χ1v) is 37.7. The molecule has 0 radical (unpaired) electrons. The number of ketones is 1. The second kappa shape index (κ2) is 34.5. The third-order valence-electron chi connectivity index (χ3n) is 18.5. The van der Waals surface area contributed by atoms with Crippen LogP contribution >= 0.6 is 15.9 Å². The fraction of sp³-hybridized carbons (Fsp3) is 0.233. The Balaban J connectivity index is 0.000000170. The minimum Gasteiger partial charge on any atom is -0.465 e. The SMILES string of the molecule is CCOc1nc2c(C(=O)c3ccc(F)cn3)cc(-c3c(C)noc3C)cc2n1C(=O)OC(C)(C)C.CCOc1nc2c(C(O)(c3ccc(F)cn3)c3ccc(F)cc3F)cc(-c3c(C)noc3C)cc2n1C(=O)OC(C)(C)C.Cc1noc(C)c1-c1cc(C(O)(c2ccc(F)cn2)c2ccc(F)cc2F)c2[nH]c(=O)[nH]c2c1.Fc1ccc(Br)c(F)c1.[2HH]. The van der Waals surface area contributed by atoms with Crippen molar-refractivity contribution in [1.82, 2.24) is 59.5 Å². The standard InChI is InChI=1S/C31H29F3N4O5.C25H25FN4O5.C24H17F3N4O3.C6H3BrF2.H2/c1-7-41-28-36-27-22(31(40,25-11-9-20(33)15-35-25)21-10-8-19(32)14-23(21)34)12-18(26-16(2)37-43-17(26)3)13-24(27)38(28)29(39)42-30(4,5)6;1-7-33-23-28-21-17(22(31)18-9-8-16(26)12-27-18)10-15(20-13(2)29-35-14(20)3)11-19(21)30(23)24(32)34-25(4,5)6;1-11-21(12(2)34-31-11)13-7-17(22-19(8-13)29-23(32)30-22)24(33,20-6-4-15(26)10-28-20)16-5-3-14(25)9-18(16)27;7-5-2-1-4(8)3-6(5)9;/h8-15,40H,7H2,1-6H3;8-12H,7H2,1-6H3;3-10,33H,1-2H3,(H2,29,30,32);1-3H;1H/i;;;;1+1. The Morgan fingerprint density at radius 2 is 0.868 bits per heavy atom. The summed E-state index contributed by atoms with van der Waals surface area (Å²) >= 11 is 2.89. The predicted molar refractivity (Wildman–Crippen MR) is 428 cm³/mol. The monoisotopic (exact) mass is 1740 g/mol. The summed E-state index contributed by atoms with van der Waals surface area (Å²) in [5.41, 5.74) is -1.90. The van der Waals surface area contributed by atoms with E-state index in [-0.39, 0.29) is 92.5 Å².